The van der Waals surface area contributed by atoms with Gasteiger partial charge in [-0.15, -0.1) is 0 Å². The van der Waals surface area contributed by atoms with Gasteiger partial charge in [0.15, 0.2) is 0 Å². The molecule has 0 aliphatic carbocycles. The number of unbranched alkanes of at least 4 members (excludes halogenated alkanes) is 1. The summed E-state index contributed by atoms with van der Waals surface area (Å²) < 4.78 is 86.4. The van der Waals surface area contributed by atoms with E-state index in [1.165, 1.54) is 4.90 Å². The first kappa shape index (κ1) is 31.9. The number of aryl methyl sites for hydroxylation is 1. The molecule has 3 rings (SSSR count). The second-order valence-electron chi connectivity index (χ2n) is 10.0. The Labute approximate surface area is 236 Å². The molecule has 1 saturated heterocycles. The van der Waals surface area contributed by atoms with Crippen molar-refractivity contribution in [1.82, 2.24) is 4.90 Å². The fourth-order valence-corrected chi connectivity index (χ4v) is 5.04. The van der Waals surface area contributed by atoms with E-state index in [0.717, 1.165) is 16.1 Å². The first-order valence-electron chi connectivity index (χ1n) is 12.8. The first-order valence-corrected chi connectivity index (χ1v) is 13.6. The largest absolute Gasteiger partial charge is 0.493 e. The van der Waals surface area contributed by atoms with Crippen molar-refractivity contribution in [2.45, 2.75) is 75.7 Å². The van der Waals surface area contributed by atoms with Crippen molar-refractivity contribution in [3.8, 4) is 5.75 Å². The van der Waals surface area contributed by atoms with E-state index in [9.17, 15) is 41.0 Å². The number of carbonyl (C=O) groups excluding carboxylic acids is 2. The fourth-order valence-electron chi connectivity index (χ4n) is 4.77. The van der Waals surface area contributed by atoms with Gasteiger partial charge in [0.05, 0.1) is 12.0 Å². The van der Waals surface area contributed by atoms with E-state index in [-0.39, 0.29) is 49.1 Å². The van der Waals surface area contributed by atoms with Crippen LogP contribution >= 0.6 is 15.9 Å². The van der Waals surface area contributed by atoms with Gasteiger partial charge in [-0.05, 0) is 68.0 Å². The number of nitrogens with zero attached hydrogens (tertiary/aromatic N) is 1. The Balaban J connectivity index is 1.66. The van der Waals surface area contributed by atoms with Crippen molar-refractivity contribution in [3.63, 3.8) is 0 Å². The van der Waals surface area contributed by atoms with E-state index in [1.807, 2.05) is 24.3 Å². The van der Waals surface area contributed by atoms with Crippen LogP contribution in [0.15, 0.2) is 46.9 Å². The Morgan fingerprint density at radius 1 is 1.00 bits per heavy atom. The number of benzene rings is 2. The highest BCUT2D eigenvalue weighted by Gasteiger charge is 2.71. The number of amides is 2. The normalized spacial score (nSPS) is 18.8. The maximum Gasteiger partial charge on any atom is 0.430 e. The molecule has 0 bridgehead atoms. The number of piperidine rings is 1. The third-order valence-electron chi connectivity index (χ3n) is 7.19. The molecule has 1 unspecified atom stereocenters. The van der Waals surface area contributed by atoms with Gasteiger partial charge in [-0.3, -0.25) is 14.5 Å². The van der Waals surface area contributed by atoms with E-state index in [1.54, 1.807) is 13.8 Å². The van der Waals surface area contributed by atoms with Gasteiger partial charge in [-0.1, -0.05) is 47.5 Å². The van der Waals surface area contributed by atoms with Crippen LogP contribution in [0.5, 0.6) is 5.75 Å². The van der Waals surface area contributed by atoms with Crippen LogP contribution in [-0.2, 0) is 27.0 Å². The Bertz CT molecular complexity index is 1200. The molecule has 0 spiro atoms. The molecule has 1 aliphatic rings. The lowest BCUT2D eigenvalue weighted by molar-refractivity contribution is -0.376. The van der Waals surface area contributed by atoms with E-state index in [2.05, 4.69) is 15.9 Å². The number of likely N-dealkylation sites (tertiary alicyclic amines) is 1. The molecule has 5 nitrogen and oxygen atoms in total. The number of hydrogen-bond acceptors (Lipinski definition) is 4. The second-order valence-corrected chi connectivity index (χ2v) is 10.9. The van der Waals surface area contributed by atoms with Crippen LogP contribution in [0.25, 0.3) is 0 Å². The Morgan fingerprint density at radius 3 is 2.20 bits per heavy atom. The van der Waals surface area contributed by atoms with Crippen molar-refractivity contribution in [3.05, 3.63) is 63.6 Å². The van der Waals surface area contributed by atoms with Crippen molar-refractivity contribution < 1.29 is 45.8 Å². The van der Waals surface area contributed by atoms with E-state index < -0.39 is 28.9 Å². The van der Waals surface area contributed by atoms with Gasteiger partial charge in [-0.2, -0.15) is 26.3 Å². The van der Waals surface area contributed by atoms with E-state index in [0.29, 0.717) is 37.8 Å². The average molecular weight is 638 g/mol. The van der Waals surface area contributed by atoms with Crippen LogP contribution < -0.4 is 4.74 Å². The van der Waals surface area contributed by atoms with Gasteiger partial charge in [-0.25, -0.2) is 0 Å². The number of hydrogen-bond donors (Lipinski definition) is 1. The van der Waals surface area contributed by atoms with Gasteiger partial charge in [0.1, 0.15) is 5.75 Å². The second kappa shape index (κ2) is 12.1. The predicted molar refractivity (Wildman–Crippen MR) is 139 cm³/mol. The molecule has 1 fully saturated rings. The molecule has 2 aromatic rings. The number of alkyl halides is 6. The third-order valence-corrected chi connectivity index (χ3v) is 7.72. The fraction of sp³-hybridized carbons (Fsp3) is 0.500. The van der Waals surface area contributed by atoms with Crippen molar-refractivity contribution >= 4 is 27.7 Å². The van der Waals surface area contributed by atoms with E-state index >= 15 is 0 Å². The lowest BCUT2D eigenvalue weighted by Gasteiger charge is -2.38. The standard InChI is InChI=1S/C28H30BrF6NO4/c1-3-6-18-17-20(26(39,27(30,31)32)28(33,34)35)9-12-22(18)40-16-5-4-15-36-23(37)13-14-25(2,24(36)38)19-7-10-21(29)11-8-19/h7-12,17,39H,3-6,13-16H2,1-2H3. The summed E-state index contributed by atoms with van der Waals surface area (Å²) in [4.78, 5) is 27.0. The molecule has 12 heteroatoms. The summed E-state index contributed by atoms with van der Waals surface area (Å²) in [5.41, 5.74) is -6.30. The summed E-state index contributed by atoms with van der Waals surface area (Å²) in [6.45, 7) is 3.71. The zero-order chi connectivity index (χ0) is 29.9. The number of ether oxygens (including phenoxy) is 1. The average Bonchev–Trinajstić information content (AvgIpc) is 2.87. The molecule has 2 amide bonds. The summed E-state index contributed by atoms with van der Waals surface area (Å²) in [5, 5.41) is 9.72. The molecule has 2 aromatic carbocycles. The SMILES string of the molecule is CCCc1cc(C(O)(C(F)(F)F)C(F)(F)F)ccc1OCCCCN1C(=O)CCC(C)(c2ccc(Br)cc2)C1=O. The van der Waals surface area contributed by atoms with Crippen molar-refractivity contribution in [2.75, 3.05) is 13.2 Å². The molecule has 1 atom stereocenters. The summed E-state index contributed by atoms with van der Waals surface area (Å²) in [7, 11) is 0. The number of halogens is 7. The highest BCUT2D eigenvalue weighted by molar-refractivity contribution is 9.10. The Kier molecular flexibility index (Phi) is 9.66. The molecule has 40 heavy (non-hydrogen) atoms. The van der Waals surface area contributed by atoms with Crippen LogP contribution in [0.1, 0.15) is 62.6 Å². The van der Waals surface area contributed by atoms with E-state index in [4.69, 9.17) is 4.74 Å². The van der Waals surface area contributed by atoms with Crippen LogP contribution in [-0.4, -0.2) is 47.3 Å². The summed E-state index contributed by atoms with van der Waals surface area (Å²) in [5.74, 6) is -0.469. The van der Waals surface area contributed by atoms with Gasteiger partial charge in [0.25, 0.3) is 5.60 Å². The van der Waals surface area contributed by atoms with Crippen molar-refractivity contribution in [2.24, 2.45) is 0 Å². The summed E-state index contributed by atoms with van der Waals surface area (Å²) in [6, 6.07) is 9.57. The maximum absolute atomic E-state index is 13.3. The topological polar surface area (TPSA) is 66.8 Å². The first-order chi connectivity index (χ1) is 18.6. The molecule has 0 saturated carbocycles. The lowest BCUT2D eigenvalue weighted by Crippen LogP contribution is -2.53. The van der Waals surface area contributed by atoms with Crippen molar-refractivity contribution in [1.29, 1.82) is 0 Å². The molecule has 0 aromatic heterocycles. The highest BCUT2D eigenvalue weighted by atomic mass is 79.9. The Hall–Kier alpha value is -2.60. The summed E-state index contributed by atoms with van der Waals surface area (Å²) >= 11 is 3.37. The smallest absolute Gasteiger partial charge is 0.430 e. The minimum atomic E-state index is -5.98. The number of aliphatic hydroxyl groups is 1. The molecular formula is C28H30BrF6NO4. The van der Waals surface area contributed by atoms with Gasteiger partial charge in [0, 0.05) is 23.0 Å². The van der Waals surface area contributed by atoms with Crippen LogP contribution in [0.4, 0.5) is 26.3 Å². The number of carbonyl (C=O) groups is 2. The Morgan fingerprint density at radius 2 is 1.62 bits per heavy atom. The molecule has 1 N–H and O–H groups in total. The number of rotatable bonds is 10. The van der Waals surface area contributed by atoms with Crippen LogP contribution in [0.3, 0.4) is 0 Å². The third kappa shape index (κ3) is 6.32. The molecular weight excluding hydrogens is 608 g/mol. The minimum absolute atomic E-state index is 0.0546. The van der Waals surface area contributed by atoms with Gasteiger partial charge < -0.3 is 9.84 Å². The number of imide groups is 1. The monoisotopic (exact) mass is 637 g/mol. The van der Waals surface area contributed by atoms with Gasteiger partial charge >= 0.3 is 12.4 Å². The zero-order valence-electron chi connectivity index (χ0n) is 22.0. The highest BCUT2D eigenvalue weighted by Crippen LogP contribution is 2.50. The quantitative estimate of drug-likeness (QED) is 0.173. The molecule has 1 aliphatic heterocycles. The molecule has 0 radical (unpaired) electrons. The minimum Gasteiger partial charge on any atom is -0.493 e. The predicted octanol–water partition coefficient (Wildman–Crippen LogP) is 6.98. The van der Waals surface area contributed by atoms with Crippen LogP contribution in [0, 0.1) is 0 Å². The molecule has 220 valence electrons. The van der Waals surface area contributed by atoms with Crippen LogP contribution in [0.2, 0.25) is 0 Å². The lowest BCUT2D eigenvalue weighted by atomic mass is 9.75. The summed E-state index contributed by atoms with van der Waals surface area (Å²) in [6.07, 6.45) is -10.1. The molecule has 1 heterocycles. The van der Waals surface area contributed by atoms with Gasteiger partial charge in [0.2, 0.25) is 11.8 Å². The maximum atomic E-state index is 13.3. The zero-order valence-corrected chi connectivity index (χ0v) is 23.5.